The van der Waals surface area contributed by atoms with Crippen molar-refractivity contribution in [3.8, 4) is 0 Å². The van der Waals surface area contributed by atoms with Crippen molar-refractivity contribution in [2.45, 2.75) is 50.1 Å². The van der Waals surface area contributed by atoms with Crippen LogP contribution in [0, 0.1) is 6.92 Å². The summed E-state index contributed by atoms with van der Waals surface area (Å²) in [5.41, 5.74) is 0. The molecule has 1 saturated carbocycles. The van der Waals surface area contributed by atoms with Gasteiger partial charge in [0.2, 0.25) is 10.0 Å². The van der Waals surface area contributed by atoms with Gasteiger partial charge in [0.1, 0.15) is 16.4 Å². The molecule has 1 aliphatic rings. The summed E-state index contributed by atoms with van der Waals surface area (Å²) >= 11 is 0. The van der Waals surface area contributed by atoms with Crippen LogP contribution < -0.4 is 5.32 Å². The van der Waals surface area contributed by atoms with Gasteiger partial charge in [-0.05, 0) is 26.8 Å². The van der Waals surface area contributed by atoms with E-state index >= 15 is 0 Å². The third-order valence-electron chi connectivity index (χ3n) is 3.77. The molecule has 0 unspecified atom stereocenters. The molecule has 1 aliphatic carbocycles. The SMILES string of the molecule is CNCc1cc(S(=O)(=O)N(C)C2CCCC2)c(C)o1. The zero-order valence-corrected chi connectivity index (χ0v) is 12.6. The minimum Gasteiger partial charge on any atom is -0.464 e. The molecule has 0 spiro atoms. The van der Waals surface area contributed by atoms with Gasteiger partial charge in [0.05, 0.1) is 6.54 Å². The van der Waals surface area contributed by atoms with Crippen molar-refractivity contribution in [1.29, 1.82) is 0 Å². The van der Waals surface area contributed by atoms with E-state index in [4.69, 9.17) is 4.42 Å². The molecule has 1 N–H and O–H groups in total. The van der Waals surface area contributed by atoms with Crippen LogP contribution in [0.2, 0.25) is 0 Å². The summed E-state index contributed by atoms with van der Waals surface area (Å²) < 4.78 is 32.2. The molecule has 0 aromatic carbocycles. The zero-order valence-electron chi connectivity index (χ0n) is 11.8. The summed E-state index contributed by atoms with van der Waals surface area (Å²) in [6.07, 6.45) is 4.13. The molecule has 6 heteroatoms. The van der Waals surface area contributed by atoms with Crippen LogP contribution in [0.3, 0.4) is 0 Å². The summed E-state index contributed by atoms with van der Waals surface area (Å²) in [7, 11) is 0.0396. The maximum Gasteiger partial charge on any atom is 0.246 e. The second-order valence-corrected chi connectivity index (χ2v) is 7.09. The molecule has 5 nitrogen and oxygen atoms in total. The molecule has 0 aliphatic heterocycles. The van der Waals surface area contributed by atoms with E-state index in [0.29, 0.717) is 23.0 Å². The average molecular weight is 286 g/mol. The number of rotatable bonds is 5. The van der Waals surface area contributed by atoms with Crippen molar-refractivity contribution in [1.82, 2.24) is 9.62 Å². The second-order valence-electron chi connectivity index (χ2n) is 5.12. The zero-order chi connectivity index (χ0) is 14.0. The topological polar surface area (TPSA) is 62.6 Å². The summed E-state index contributed by atoms with van der Waals surface area (Å²) in [5.74, 6) is 1.12. The van der Waals surface area contributed by atoms with E-state index in [2.05, 4.69) is 5.32 Å². The van der Waals surface area contributed by atoms with E-state index in [1.54, 1.807) is 27.1 Å². The Bertz CT molecular complexity index is 530. The van der Waals surface area contributed by atoms with Crippen LogP contribution >= 0.6 is 0 Å². The van der Waals surface area contributed by atoms with Crippen molar-refractivity contribution < 1.29 is 12.8 Å². The highest BCUT2D eigenvalue weighted by atomic mass is 32.2. The van der Waals surface area contributed by atoms with Crippen molar-refractivity contribution in [3.63, 3.8) is 0 Å². The molecule has 19 heavy (non-hydrogen) atoms. The number of hydrogen-bond acceptors (Lipinski definition) is 4. The average Bonchev–Trinajstić information content (AvgIpc) is 2.98. The fraction of sp³-hybridized carbons (Fsp3) is 0.692. The van der Waals surface area contributed by atoms with Gasteiger partial charge in [-0.15, -0.1) is 0 Å². The highest BCUT2D eigenvalue weighted by Gasteiger charge is 2.32. The van der Waals surface area contributed by atoms with E-state index in [1.165, 1.54) is 4.31 Å². The minimum absolute atomic E-state index is 0.132. The first-order valence-corrected chi connectivity index (χ1v) is 8.12. The minimum atomic E-state index is -3.44. The smallest absolute Gasteiger partial charge is 0.246 e. The number of nitrogens with zero attached hydrogens (tertiary/aromatic N) is 1. The Balaban J connectivity index is 2.27. The number of sulfonamides is 1. The van der Waals surface area contributed by atoms with Crippen LogP contribution in [0.15, 0.2) is 15.4 Å². The summed E-state index contributed by atoms with van der Waals surface area (Å²) in [6, 6.07) is 1.76. The van der Waals surface area contributed by atoms with Crippen LogP contribution in [0.25, 0.3) is 0 Å². The Labute approximate surface area is 115 Å². The maximum absolute atomic E-state index is 12.6. The fourth-order valence-corrected chi connectivity index (χ4v) is 4.26. The largest absolute Gasteiger partial charge is 0.464 e. The summed E-state index contributed by atoms with van der Waals surface area (Å²) in [6.45, 7) is 2.23. The van der Waals surface area contributed by atoms with E-state index in [9.17, 15) is 8.42 Å². The molecular formula is C13H22N2O3S. The van der Waals surface area contributed by atoms with Crippen LogP contribution in [0.5, 0.6) is 0 Å². The van der Waals surface area contributed by atoms with Crippen LogP contribution in [0.4, 0.5) is 0 Å². The molecule has 0 saturated heterocycles. The van der Waals surface area contributed by atoms with E-state index in [-0.39, 0.29) is 6.04 Å². The van der Waals surface area contributed by atoms with Crippen LogP contribution in [-0.2, 0) is 16.6 Å². The monoisotopic (exact) mass is 286 g/mol. The van der Waals surface area contributed by atoms with Gasteiger partial charge in [0.15, 0.2) is 0 Å². The van der Waals surface area contributed by atoms with Crippen LogP contribution in [-0.4, -0.2) is 32.9 Å². The Morgan fingerprint density at radius 3 is 2.63 bits per heavy atom. The molecule has 108 valence electrons. The van der Waals surface area contributed by atoms with Crippen LogP contribution in [0.1, 0.15) is 37.2 Å². The van der Waals surface area contributed by atoms with Gasteiger partial charge in [0, 0.05) is 19.2 Å². The number of nitrogens with one attached hydrogen (secondary N) is 1. The fourth-order valence-electron chi connectivity index (χ4n) is 2.66. The molecule has 1 aromatic heterocycles. The molecule has 0 amide bonds. The van der Waals surface area contributed by atoms with E-state index in [0.717, 1.165) is 25.7 Å². The quantitative estimate of drug-likeness (QED) is 0.897. The third-order valence-corrected chi connectivity index (χ3v) is 5.79. The first kappa shape index (κ1) is 14.6. The van der Waals surface area contributed by atoms with Gasteiger partial charge in [-0.3, -0.25) is 0 Å². The standard InChI is InChI=1S/C13H22N2O3S/c1-10-13(8-12(18-10)9-14-2)19(16,17)15(3)11-6-4-5-7-11/h8,11,14H,4-7,9H2,1-3H3. The molecular weight excluding hydrogens is 264 g/mol. The lowest BCUT2D eigenvalue weighted by molar-refractivity contribution is 0.371. The Hall–Kier alpha value is -0.850. The van der Waals surface area contributed by atoms with Gasteiger partial charge in [-0.25, -0.2) is 8.42 Å². The first-order chi connectivity index (χ1) is 8.96. The third kappa shape index (κ3) is 2.85. The Morgan fingerprint density at radius 1 is 1.42 bits per heavy atom. The normalized spacial score (nSPS) is 17.5. The van der Waals surface area contributed by atoms with E-state index in [1.807, 2.05) is 0 Å². The van der Waals surface area contributed by atoms with Gasteiger partial charge in [-0.1, -0.05) is 12.8 Å². The predicted octanol–water partition coefficient (Wildman–Crippen LogP) is 1.87. The second kappa shape index (κ2) is 5.64. The lowest BCUT2D eigenvalue weighted by Crippen LogP contribution is -2.35. The molecule has 1 fully saturated rings. The molecule has 1 heterocycles. The summed E-state index contributed by atoms with van der Waals surface area (Å²) in [4.78, 5) is 0.298. The maximum atomic E-state index is 12.6. The molecule has 1 aromatic rings. The van der Waals surface area contributed by atoms with E-state index < -0.39 is 10.0 Å². The van der Waals surface area contributed by atoms with Crippen molar-refractivity contribution in [2.24, 2.45) is 0 Å². The first-order valence-electron chi connectivity index (χ1n) is 6.68. The number of furan rings is 1. The van der Waals surface area contributed by atoms with Gasteiger partial charge >= 0.3 is 0 Å². The number of hydrogen-bond donors (Lipinski definition) is 1. The van der Waals surface area contributed by atoms with Crippen molar-refractivity contribution >= 4 is 10.0 Å². The Kier molecular flexibility index (Phi) is 4.32. The van der Waals surface area contributed by atoms with Crippen molar-refractivity contribution in [3.05, 3.63) is 17.6 Å². The Morgan fingerprint density at radius 2 is 2.05 bits per heavy atom. The van der Waals surface area contributed by atoms with Crippen molar-refractivity contribution in [2.75, 3.05) is 14.1 Å². The van der Waals surface area contributed by atoms with Gasteiger partial charge < -0.3 is 9.73 Å². The predicted molar refractivity (Wildman–Crippen MR) is 73.4 cm³/mol. The lowest BCUT2D eigenvalue weighted by atomic mass is 10.3. The van der Waals surface area contributed by atoms with Gasteiger partial charge in [0.25, 0.3) is 0 Å². The molecule has 0 atom stereocenters. The number of aryl methyl sites for hydroxylation is 1. The summed E-state index contributed by atoms with van der Waals surface area (Å²) in [5, 5.41) is 2.96. The lowest BCUT2D eigenvalue weighted by Gasteiger charge is -2.23. The highest BCUT2D eigenvalue weighted by molar-refractivity contribution is 7.89. The molecule has 2 rings (SSSR count). The highest BCUT2D eigenvalue weighted by Crippen LogP contribution is 2.29. The molecule has 0 radical (unpaired) electrons. The molecule has 0 bridgehead atoms. The van der Waals surface area contributed by atoms with Gasteiger partial charge in [-0.2, -0.15) is 4.31 Å².